The van der Waals surface area contributed by atoms with Gasteiger partial charge in [0.1, 0.15) is 5.75 Å². The second-order valence-corrected chi connectivity index (χ2v) is 3.68. The number of aliphatic hydroxyl groups excluding tert-OH is 1. The standard InChI is InChI=1S/C12H15F3O2/c1-2-3-6-17-10-5-4-9(8-16)11(7-10)12(13,14)15/h4-5,7,16H,2-3,6,8H2,1H3. The molecule has 0 saturated carbocycles. The molecule has 1 aromatic rings. The number of hydrogen-bond donors (Lipinski definition) is 1. The molecule has 0 saturated heterocycles. The monoisotopic (exact) mass is 248 g/mol. The molecule has 0 amide bonds. The Morgan fingerprint density at radius 3 is 2.53 bits per heavy atom. The Hall–Kier alpha value is -1.23. The van der Waals surface area contributed by atoms with Crippen LogP contribution in [0.1, 0.15) is 30.9 Å². The fourth-order valence-corrected chi connectivity index (χ4v) is 1.38. The second kappa shape index (κ2) is 5.91. The van der Waals surface area contributed by atoms with Crippen molar-refractivity contribution in [2.45, 2.75) is 32.5 Å². The van der Waals surface area contributed by atoms with Gasteiger partial charge in [0.05, 0.1) is 18.8 Å². The van der Waals surface area contributed by atoms with Gasteiger partial charge in [-0.25, -0.2) is 0 Å². The van der Waals surface area contributed by atoms with Gasteiger partial charge in [-0.05, 0) is 24.1 Å². The number of halogens is 3. The van der Waals surface area contributed by atoms with Crippen LogP contribution in [0.5, 0.6) is 5.75 Å². The molecule has 0 bridgehead atoms. The highest BCUT2D eigenvalue weighted by Gasteiger charge is 2.33. The summed E-state index contributed by atoms with van der Waals surface area (Å²) in [6.45, 7) is 1.73. The van der Waals surface area contributed by atoms with E-state index >= 15 is 0 Å². The minimum absolute atomic E-state index is 0.139. The lowest BCUT2D eigenvalue weighted by Gasteiger charge is -2.13. The van der Waals surface area contributed by atoms with E-state index in [4.69, 9.17) is 9.84 Å². The minimum atomic E-state index is -4.47. The van der Waals surface area contributed by atoms with Crippen LogP contribution in [0.3, 0.4) is 0 Å². The number of hydrogen-bond acceptors (Lipinski definition) is 2. The number of rotatable bonds is 5. The van der Waals surface area contributed by atoms with Crippen molar-refractivity contribution < 1.29 is 23.0 Å². The molecular weight excluding hydrogens is 233 g/mol. The normalized spacial score (nSPS) is 11.6. The number of aliphatic hydroxyl groups is 1. The van der Waals surface area contributed by atoms with E-state index in [0.717, 1.165) is 18.9 Å². The van der Waals surface area contributed by atoms with Crippen LogP contribution in [0.15, 0.2) is 18.2 Å². The largest absolute Gasteiger partial charge is 0.494 e. The Labute approximate surface area is 98.0 Å². The minimum Gasteiger partial charge on any atom is -0.494 e. The van der Waals surface area contributed by atoms with Gasteiger partial charge in [-0.1, -0.05) is 19.4 Å². The van der Waals surface area contributed by atoms with Crippen LogP contribution in [0.25, 0.3) is 0 Å². The molecule has 0 aliphatic rings. The fourth-order valence-electron chi connectivity index (χ4n) is 1.38. The molecule has 0 aromatic heterocycles. The molecule has 0 aliphatic heterocycles. The first-order valence-electron chi connectivity index (χ1n) is 5.42. The molecule has 17 heavy (non-hydrogen) atoms. The molecule has 96 valence electrons. The molecule has 1 aromatic carbocycles. The Bertz CT molecular complexity index is 361. The molecule has 1 rings (SSSR count). The van der Waals surface area contributed by atoms with E-state index in [9.17, 15) is 13.2 Å². The topological polar surface area (TPSA) is 29.5 Å². The first kappa shape index (κ1) is 13.8. The van der Waals surface area contributed by atoms with Crippen molar-refractivity contribution in [2.75, 3.05) is 6.61 Å². The Morgan fingerprint density at radius 2 is 2.00 bits per heavy atom. The summed E-state index contributed by atoms with van der Waals surface area (Å²) >= 11 is 0. The average molecular weight is 248 g/mol. The molecule has 1 N–H and O–H groups in total. The van der Waals surface area contributed by atoms with Crippen molar-refractivity contribution in [1.82, 2.24) is 0 Å². The van der Waals surface area contributed by atoms with Crippen molar-refractivity contribution in [3.63, 3.8) is 0 Å². The van der Waals surface area contributed by atoms with E-state index in [1.54, 1.807) is 0 Å². The van der Waals surface area contributed by atoms with Crippen LogP contribution in [-0.2, 0) is 12.8 Å². The number of benzene rings is 1. The van der Waals surface area contributed by atoms with E-state index in [1.807, 2.05) is 6.92 Å². The van der Waals surface area contributed by atoms with E-state index in [-0.39, 0.29) is 11.3 Å². The van der Waals surface area contributed by atoms with Crippen LogP contribution in [0.2, 0.25) is 0 Å². The Kier molecular flexibility index (Phi) is 4.81. The van der Waals surface area contributed by atoms with E-state index in [1.165, 1.54) is 12.1 Å². The van der Waals surface area contributed by atoms with Gasteiger partial charge in [-0.3, -0.25) is 0 Å². The van der Waals surface area contributed by atoms with Crippen molar-refractivity contribution >= 4 is 0 Å². The summed E-state index contributed by atoms with van der Waals surface area (Å²) < 4.78 is 43.1. The Morgan fingerprint density at radius 1 is 1.29 bits per heavy atom. The third-order valence-electron chi connectivity index (χ3n) is 2.32. The van der Waals surface area contributed by atoms with Gasteiger partial charge in [-0.2, -0.15) is 13.2 Å². The fraction of sp³-hybridized carbons (Fsp3) is 0.500. The zero-order valence-corrected chi connectivity index (χ0v) is 9.55. The molecule has 0 unspecified atom stereocenters. The average Bonchev–Trinajstić information content (AvgIpc) is 2.28. The van der Waals surface area contributed by atoms with E-state index in [0.29, 0.717) is 6.61 Å². The smallest absolute Gasteiger partial charge is 0.416 e. The summed E-state index contributed by atoms with van der Waals surface area (Å²) in [5.41, 5.74) is -0.977. The zero-order valence-electron chi connectivity index (χ0n) is 9.55. The van der Waals surface area contributed by atoms with Crippen molar-refractivity contribution in [2.24, 2.45) is 0 Å². The second-order valence-electron chi connectivity index (χ2n) is 3.68. The van der Waals surface area contributed by atoms with Gasteiger partial charge in [0, 0.05) is 0 Å². The van der Waals surface area contributed by atoms with Gasteiger partial charge in [0.2, 0.25) is 0 Å². The van der Waals surface area contributed by atoms with Gasteiger partial charge < -0.3 is 9.84 Å². The molecule has 0 aliphatic carbocycles. The van der Waals surface area contributed by atoms with Crippen LogP contribution < -0.4 is 4.74 Å². The first-order valence-corrected chi connectivity index (χ1v) is 5.42. The maximum atomic E-state index is 12.6. The van der Waals surface area contributed by atoms with Gasteiger partial charge in [0.15, 0.2) is 0 Å². The molecule has 5 heteroatoms. The third kappa shape index (κ3) is 3.93. The molecule has 0 fully saturated rings. The third-order valence-corrected chi connectivity index (χ3v) is 2.32. The van der Waals surface area contributed by atoms with Crippen molar-refractivity contribution in [3.8, 4) is 5.75 Å². The van der Waals surface area contributed by atoms with Gasteiger partial charge >= 0.3 is 6.18 Å². The lowest BCUT2D eigenvalue weighted by Crippen LogP contribution is -2.10. The summed E-state index contributed by atoms with van der Waals surface area (Å²) in [5, 5.41) is 8.85. The first-order chi connectivity index (χ1) is 7.99. The molecule has 0 spiro atoms. The maximum Gasteiger partial charge on any atom is 0.416 e. The predicted octanol–water partition coefficient (Wildman–Crippen LogP) is 3.38. The summed E-state index contributed by atoms with van der Waals surface area (Å²) in [5.74, 6) is 0.183. The van der Waals surface area contributed by atoms with Crippen molar-refractivity contribution in [3.05, 3.63) is 29.3 Å². The quantitative estimate of drug-likeness (QED) is 0.809. The zero-order chi connectivity index (χ0) is 12.9. The van der Waals surface area contributed by atoms with E-state index < -0.39 is 18.3 Å². The molecule has 2 nitrogen and oxygen atoms in total. The van der Waals surface area contributed by atoms with Crippen LogP contribution in [0.4, 0.5) is 13.2 Å². The van der Waals surface area contributed by atoms with Crippen LogP contribution in [-0.4, -0.2) is 11.7 Å². The summed E-state index contributed by atoms with van der Waals surface area (Å²) in [4.78, 5) is 0. The number of ether oxygens (including phenoxy) is 1. The SMILES string of the molecule is CCCCOc1ccc(CO)c(C(F)(F)F)c1. The molecule has 0 radical (unpaired) electrons. The predicted molar refractivity (Wildman–Crippen MR) is 57.8 cm³/mol. The summed E-state index contributed by atoms with van der Waals surface area (Å²) in [6, 6.07) is 3.61. The van der Waals surface area contributed by atoms with Crippen molar-refractivity contribution in [1.29, 1.82) is 0 Å². The highest BCUT2D eigenvalue weighted by molar-refractivity contribution is 5.37. The lowest BCUT2D eigenvalue weighted by molar-refractivity contribution is -0.138. The van der Waals surface area contributed by atoms with Gasteiger partial charge in [-0.15, -0.1) is 0 Å². The molecular formula is C12H15F3O2. The highest BCUT2D eigenvalue weighted by atomic mass is 19.4. The molecule has 0 atom stereocenters. The number of unbranched alkanes of at least 4 members (excludes halogenated alkanes) is 1. The van der Waals surface area contributed by atoms with Gasteiger partial charge in [0.25, 0.3) is 0 Å². The summed E-state index contributed by atoms with van der Waals surface area (Å²) in [7, 11) is 0. The van der Waals surface area contributed by atoms with Crippen LogP contribution >= 0.6 is 0 Å². The van der Waals surface area contributed by atoms with Crippen LogP contribution in [0, 0.1) is 0 Å². The number of alkyl halides is 3. The Balaban J connectivity index is 2.89. The molecule has 0 heterocycles. The van der Waals surface area contributed by atoms with E-state index in [2.05, 4.69) is 0 Å². The summed E-state index contributed by atoms with van der Waals surface area (Å²) in [6.07, 6.45) is -2.76. The highest BCUT2D eigenvalue weighted by Crippen LogP contribution is 2.34. The lowest BCUT2D eigenvalue weighted by atomic mass is 10.1. The maximum absolute atomic E-state index is 12.6.